The predicted molar refractivity (Wildman–Crippen MR) is 87.6 cm³/mol. The summed E-state index contributed by atoms with van der Waals surface area (Å²) >= 11 is 0. The van der Waals surface area contributed by atoms with Gasteiger partial charge in [0.1, 0.15) is 0 Å². The Hall–Kier alpha value is -2.21. The second-order valence-corrected chi connectivity index (χ2v) is 6.79. The molecule has 2 aromatic heterocycles. The Morgan fingerprint density at radius 1 is 1.33 bits per heavy atom. The molecule has 4 rings (SSSR count). The number of amides is 1. The highest BCUT2D eigenvalue weighted by atomic mass is 16.5. The van der Waals surface area contributed by atoms with E-state index in [9.17, 15) is 4.79 Å². The molecule has 24 heavy (non-hydrogen) atoms. The van der Waals surface area contributed by atoms with Gasteiger partial charge in [0, 0.05) is 24.2 Å². The third-order valence-electron chi connectivity index (χ3n) is 4.68. The molecule has 126 valence electrons. The van der Waals surface area contributed by atoms with Crippen LogP contribution in [0.3, 0.4) is 0 Å². The van der Waals surface area contributed by atoms with E-state index in [1.54, 1.807) is 0 Å². The Morgan fingerprint density at radius 2 is 2.21 bits per heavy atom. The number of ether oxygens (including phenoxy) is 1. The Bertz CT molecular complexity index is 751. The number of hydrogen-bond donors (Lipinski definition) is 1. The summed E-state index contributed by atoms with van der Waals surface area (Å²) in [5, 5.41) is 7.40. The number of fused-ring (bicyclic) bond motifs is 1. The van der Waals surface area contributed by atoms with Crippen molar-refractivity contribution in [1.29, 1.82) is 0 Å². The second-order valence-electron chi connectivity index (χ2n) is 6.79. The third kappa shape index (κ3) is 3.33. The van der Waals surface area contributed by atoms with Crippen LogP contribution in [0.15, 0.2) is 18.2 Å². The molecule has 0 unspecified atom stereocenters. The number of aryl methyl sites for hydroxylation is 1. The Labute approximate surface area is 141 Å². The van der Waals surface area contributed by atoms with Gasteiger partial charge in [-0.25, -0.2) is 0 Å². The molecule has 2 aliphatic rings. The first kappa shape index (κ1) is 15.3. The summed E-state index contributed by atoms with van der Waals surface area (Å²) in [7, 11) is 0. The van der Waals surface area contributed by atoms with Crippen molar-refractivity contribution in [3.8, 4) is 0 Å². The molecule has 0 saturated heterocycles. The normalized spacial score (nSPS) is 16.5. The van der Waals surface area contributed by atoms with Gasteiger partial charge in [-0.15, -0.1) is 0 Å². The number of rotatable bonds is 6. The topological polar surface area (TPSA) is 71.1 Å². The number of hydrogen-bond acceptors (Lipinski definition) is 4. The van der Waals surface area contributed by atoms with Crippen molar-refractivity contribution in [2.45, 2.75) is 52.5 Å². The van der Waals surface area contributed by atoms with E-state index in [2.05, 4.69) is 15.2 Å². The van der Waals surface area contributed by atoms with Gasteiger partial charge in [0.05, 0.1) is 36.8 Å². The van der Waals surface area contributed by atoms with Crippen molar-refractivity contribution in [2.24, 2.45) is 5.92 Å². The van der Waals surface area contributed by atoms with Crippen LogP contribution in [0.1, 0.15) is 47.6 Å². The lowest BCUT2D eigenvalue weighted by atomic mass is 10.2. The molecule has 1 saturated carbocycles. The highest BCUT2D eigenvalue weighted by Crippen LogP contribution is 2.34. The molecule has 2 aromatic rings. The van der Waals surface area contributed by atoms with Crippen molar-refractivity contribution in [2.75, 3.05) is 0 Å². The molecular weight excluding hydrogens is 304 g/mol. The highest BCUT2D eigenvalue weighted by molar-refractivity contribution is 5.77. The van der Waals surface area contributed by atoms with Gasteiger partial charge in [-0.3, -0.25) is 14.9 Å². The number of carbonyl (C=O) groups is 1. The van der Waals surface area contributed by atoms with Crippen LogP contribution in [0, 0.1) is 12.8 Å². The van der Waals surface area contributed by atoms with Crippen molar-refractivity contribution in [3.63, 3.8) is 0 Å². The summed E-state index contributed by atoms with van der Waals surface area (Å²) in [4.78, 5) is 18.6. The summed E-state index contributed by atoms with van der Waals surface area (Å²) in [6.45, 7) is 4.17. The van der Waals surface area contributed by atoms with Gasteiger partial charge < -0.3 is 9.64 Å². The smallest absolute Gasteiger partial charge is 0.223 e. The molecule has 0 spiro atoms. The number of nitrogens with one attached hydrogen (secondary N) is 1. The van der Waals surface area contributed by atoms with Gasteiger partial charge in [0.25, 0.3) is 0 Å². The first-order valence-electron chi connectivity index (χ1n) is 8.52. The van der Waals surface area contributed by atoms with Gasteiger partial charge in [0.15, 0.2) is 0 Å². The van der Waals surface area contributed by atoms with Gasteiger partial charge >= 0.3 is 0 Å². The van der Waals surface area contributed by atoms with Gasteiger partial charge in [-0.05, 0) is 37.8 Å². The van der Waals surface area contributed by atoms with Crippen molar-refractivity contribution < 1.29 is 9.53 Å². The first-order valence-corrected chi connectivity index (χ1v) is 8.52. The lowest BCUT2D eigenvalue weighted by Gasteiger charge is -2.15. The number of nitrogens with zero attached hydrogens (tertiary/aromatic N) is 3. The molecule has 1 N–H and O–H groups in total. The monoisotopic (exact) mass is 326 g/mol. The van der Waals surface area contributed by atoms with Crippen LogP contribution in [0.4, 0.5) is 0 Å². The van der Waals surface area contributed by atoms with Crippen LogP contribution >= 0.6 is 0 Å². The Kier molecular flexibility index (Phi) is 4.06. The number of pyridine rings is 1. The zero-order valence-electron chi connectivity index (χ0n) is 13.9. The molecule has 0 atom stereocenters. The van der Waals surface area contributed by atoms with E-state index in [1.807, 2.05) is 30.0 Å². The molecule has 0 aromatic carbocycles. The summed E-state index contributed by atoms with van der Waals surface area (Å²) in [6, 6.07) is 5.91. The van der Waals surface area contributed by atoms with E-state index in [0.717, 1.165) is 28.3 Å². The molecule has 1 amide bonds. The minimum Gasteiger partial charge on any atom is -0.369 e. The molecule has 6 nitrogen and oxygen atoms in total. The summed E-state index contributed by atoms with van der Waals surface area (Å²) < 4.78 is 5.77. The minimum absolute atomic E-state index is 0.262. The highest BCUT2D eigenvalue weighted by Gasteiger charge is 2.31. The van der Waals surface area contributed by atoms with Crippen LogP contribution in [0.25, 0.3) is 0 Å². The predicted octanol–water partition coefficient (Wildman–Crippen LogP) is 2.47. The lowest BCUT2D eigenvalue weighted by Crippen LogP contribution is -2.26. The quantitative estimate of drug-likeness (QED) is 0.885. The molecule has 3 heterocycles. The molecule has 0 radical (unpaired) electrons. The second kappa shape index (κ2) is 6.36. The van der Waals surface area contributed by atoms with Gasteiger partial charge in [-0.1, -0.05) is 6.07 Å². The zero-order chi connectivity index (χ0) is 16.5. The fourth-order valence-corrected chi connectivity index (χ4v) is 3.13. The molecule has 1 fully saturated rings. The van der Waals surface area contributed by atoms with E-state index in [4.69, 9.17) is 4.74 Å². The average Bonchev–Trinajstić information content (AvgIpc) is 3.14. The van der Waals surface area contributed by atoms with Crippen LogP contribution in [-0.2, 0) is 35.8 Å². The average molecular weight is 326 g/mol. The van der Waals surface area contributed by atoms with Gasteiger partial charge in [-0.2, -0.15) is 5.10 Å². The van der Waals surface area contributed by atoms with Crippen molar-refractivity contribution in [1.82, 2.24) is 20.1 Å². The van der Waals surface area contributed by atoms with Crippen LogP contribution in [0.2, 0.25) is 0 Å². The fraction of sp³-hybridized carbons (Fsp3) is 0.500. The Balaban J connectivity index is 1.33. The summed E-state index contributed by atoms with van der Waals surface area (Å²) in [6.07, 6.45) is 3.11. The van der Waals surface area contributed by atoms with E-state index < -0.39 is 0 Å². The molecule has 1 aliphatic carbocycles. The molecular formula is C18H22N4O2. The summed E-state index contributed by atoms with van der Waals surface area (Å²) in [5.41, 5.74) is 4.98. The number of carbonyl (C=O) groups excluding carboxylic acids is 1. The van der Waals surface area contributed by atoms with E-state index >= 15 is 0 Å². The number of H-pyrrole nitrogens is 1. The molecule has 6 heteroatoms. The fourth-order valence-electron chi connectivity index (χ4n) is 3.13. The number of aromatic amines is 1. The maximum absolute atomic E-state index is 12.3. The van der Waals surface area contributed by atoms with Crippen LogP contribution < -0.4 is 0 Å². The third-order valence-corrected chi connectivity index (χ3v) is 4.68. The standard InChI is InChI=1S/C18H22N4O2/c1-12-3-2-4-14(19-12)10-24-11-17-15-8-22(9-16(15)20-21-17)18(23)7-13-5-6-13/h2-4,13H,5-11H2,1H3,(H,20,21). The first-order chi connectivity index (χ1) is 11.7. The van der Waals surface area contributed by atoms with Crippen LogP contribution in [0.5, 0.6) is 0 Å². The summed E-state index contributed by atoms with van der Waals surface area (Å²) in [5.74, 6) is 0.886. The molecule has 0 bridgehead atoms. The lowest BCUT2D eigenvalue weighted by molar-refractivity contribution is -0.132. The number of aromatic nitrogens is 3. The van der Waals surface area contributed by atoms with Crippen LogP contribution in [-0.4, -0.2) is 26.0 Å². The maximum atomic E-state index is 12.3. The van der Waals surface area contributed by atoms with E-state index in [-0.39, 0.29) is 5.91 Å². The minimum atomic E-state index is 0.262. The van der Waals surface area contributed by atoms with E-state index in [1.165, 1.54) is 12.8 Å². The largest absolute Gasteiger partial charge is 0.369 e. The molecule has 1 aliphatic heterocycles. The van der Waals surface area contributed by atoms with Gasteiger partial charge in [0.2, 0.25) is 5.91 Å². The zero-order valence-corrected chi connectivity index (χ0v) is 13.9. The van der Waals surface area contributed by atoms with Crippen molar-refractivity contribution in [3.05, 3.63) is 46.5 Å². The van der Waals surface area contributed by atoms with Crippen molar-refractivity contribution >= 4 is 5.91 Å². The van der Waals surface area contributed by atoms with E-state index in [0.29, 0.717) is 38.6 Å². The maximum Gasteiger partial charge on any atom is 0.223 e. The Morgan fingerprint density at radius 3 is 3.00 bits per heavy atom. The SMILES string of the molecule is Cc1cccc(COCc2n[nH]c3c2CN(C(=O)CC2CC2)C3)n1.